The molecule has 0 radical (unpaired) electrons. The highest BCUT2D eigenvalue weighted by molar-refractivity contribution is 6.01. The molecule has 110 valence electrons. The Bertz CT molecular complexity index is 648. The summed E-state index contributed by atoms with van der Waals surface area (Å²) in [4.78, 5) is 27.7. The fourth-order valence-corrected chi connectivity index (χ4v) is 2.02. The molecule has 1 aromatic carbocycles. The molecule has 5 nitrogen and oxygen atoms in total. The van der Waals surface area contributed by atoms with Gasteiger partial charge in [0.1, 0.15) is 0 Å². The van der Waals surface area contributed by atoms with Gasteiger partial charge in [0.15, 0.2) is 0 Å². The van der Waals surface area contributed by atoms with Gasteiger partial charge in [-0.05, 0) is 18.1 Å². The van der Waals surface area contributed by atoms with E-state index in [4.69, 9.17) is 0 Å². The van der Waals surface area contributed by atoms with Gasteiger partial charge in [-0.3, -0.25) is 14.6 Å². The summed E-state index contributed by atoms with van der Waals surface area (Å²) in [7, 11) is 0. The molecule has 1 aromatic heterocycles. The smallest absolute Gasteiger partial charge is 0.243 e. The number of carbonyl (C=O) groups is 2. The van der Waals surface area contributed by atoms with E-state index >= 15 is 0 Å². The highest BCUT2D eigenvalue weighted by Crippen LogP contribution is 2.20. The molecule has 5 heteroatoms. The molecule has 2 rings (SSSR count). The zero-order chi connectivity index (χ0) is 15.2. The van der Waals surface area contributed by atoms with Crippen LogP contribution in [0.1, 0.15) is 20.3 Å². The SMILES string of the molecule is CC(C)CC(=O)NCC(=O)Nc1cccc2cccnc12. The average Bonchev–Trinajstić information content (AvgIpc) is 2.45. The van der Waals surface area contributed by atoms with Crippen molar-refractivity contribution in [2.24, 2.45) is 5.92 Å². The highest BCUT2D eigenvalue weighted by atomic mass is 16.2. The number of amides is 2. The Labute approximate surface area is 123 Å². The van der Waals surface area contributed by atoms with Crippen molar-refractivity contribution in [2.45, 2.75) is 20.3 Å². The number of hydrogen-bond donors (Lipinski definition) is 2. The molecule has 0 saturated heterocycles. The van der Waals surface area contributed by atoms with Crippen LogP contribution in [0, 0.1) is 5.92 Å². The van der Waals surface area contributed by atoms with Crippen LogP contribution >= 0.6 is 0 Å². The quantitative estimate of drug-likeness (QED) is 0.885. The van der Waals surface area contributed by atoms with E-state index in [1.807, 2.05) is 38.1 Å². The molecule has 21 heavy (non-hydrogen) atoms. The van der Waals surface area contributed by atoms with Crippen molar-refractivity contribution in [3.05, 3.63) is 36.5 Å². The minimum absolute atomic E-state index is 0.0330. The molecule has 0 fully saturated rings. The lowest BCUT2D eigenvalue weighted by atomic mass is 10.1. The maximum Gasteiger partial charge on any atom is 0.243 e. The highest BCUT2D eigenvalue weighted by Gasteiger charge is 2.09. The summed E-state index contributed by atoms with van der Waals surface area (Å²) in [6.07, 6.45) is 2.10. The van der Waals surface area contributed by atoms with Crippen LogP contribution in [-0.2, 0) is 9.59 Å². The standard InChI is InChI=1S/C16H19N3O2/c1-11(2)9-14(20)18-10-15(21)19-13-7-3-5-12-6-4-8-17-16(12)13/h3-8,11H,9-10H2,1-2H3,(H,18,20)(H,19,21). The van der Waals surface area contributed by atoms with E-state index in [0.29, 0.717) is 12.1 Å². The van der Waals surface area contributed by atoms with Gasteiger partial charge in [0.2, 0.25) is 11.8 Å². The van der Waals surface area contributed by atoms with Crippen LogP contribution in [0.2, 0.25) is 0 Å². The first-order valence-corrected chi connectivity index (χ1v) is 6.96. The number of fused-ring (bicyclic) bond motifs is 1. The third kappa shape index (κ3) is 4.27. The summed E-state index contributed by atoms with van der Waals surface area (Å²) in [5, 5.41) is 6.35. The minimum atomic E-state index is -0.259. The first kappa shape index (κ1) is 15.0. The number of hydrogen-bond acceptors (Lipinski definition) is 3. The maximum atomic E-state index is 11.9. The van der Waals surface area contributed by atoms with Gasteiger partial charge in [-0.25, -0.2) is 0 Å². The van der Waals surface area contributed by atoms with Crippen molar-refractivity contribution >= 4 is 28.4 Å². The van der Waals surface area contributed by atoms with Crippen molar-refractivity contribution in [3.63, 3.8) is 0 Å². The summed E-state index contributed by atoms with van der Waals surface area (Å²) in [6.45, 7) is 3.89. The van der Waals surface area contributed by atoms with Gasteiger partial charge < -0.3 is 10.6 Å². The lowest BCUT2D eigenvalue weighted by Gasteiger charge is -2.09. The molecule has 0 aliphatic carbocycles. The van der Waals surface area contributed by atoms with Crippen LogP contribution in [0.15, 0.2) is 36.5 Å². The average molecular weight is 285 g/mol. The van der Waals surface area contributed by atoms with Crippen molar-refractivity contribution in [2.75, 3.05) is 11.9 Å². The van der Waals surface area contributed by atoms with E-state index in [9.17, 15) is 9.59 Å². The van der Waals surface area contributed by atoms with Crippen LogP contribution < -0.4 is 10.6 Å². The molecule has 1 heterocycles. The Morgan fingerprint density at radius 3 is 2.67 bits per heavy atom. The summed E-state index contributed by atoms with van der Waals surface area (Å²) in [5.74, 6) is -0.100. The minimum Gasteiger partial charge on any atom is -0.347 e. The molecule has 0 saturated carbocycles. The molecular formula is C16H19N3O2. The summed E-state index contributed by atoms with van der Waals surface area (Å²) in [5.41, 5.74) is 1.39. The van der Waals surface area contributed by atoms with Crippen LogP contribution in [0.5, 0.6) is 0 Å². The Balaban J connectivity index is 1.97. The summed E-state index contributed by atoms with van der Waals surface area (Å²) in [6, 6.07) is 9.37. The van der Waals surface area contributed by atoms with Gasteiger partial charge >= 0.3 is 0 Å². The molecule has 2 aromatic rings. The van der Waals surface area contributed by atoms with Crippen LogP contribution in [0.4, 0.5) is 5.69 Å². The third-order valence-corrected chi connectivity index (χ3v) is 2.95. The van der Waals surface area contributed by atoms with Crippen LogP contribution in [0.3, 0.4) is 0 Å². The normalized spacial score (nSPS) is 10.6. The second kappa shape index (κ2) is 6.83. The second-order valence-corrected chi connectivity index (χ2v) is 5.30. The second-order valence-electron chi connectivity index (χ2n) is 5.30. The largest absolute Gasteiger partial charge is 0.347 e. The van der Waals surface area contributed by atoms with E-state index in [-0.39, 0.29) is 24.3 Å². The first-order chi connectivity index (χ1) is 10.1. The van der Waals surface area contributed by atoms with E-state index in [1.165, 1.54) is 0 Å². The Kier molecular flexibility index (Phi) is 4.87. The number of rotatable bonds is 5. The van der Waals surface area contributed by atoms with Crippen LogP contribution in [-0.4, -0.2) is 23.3 Å². The number of aromatic nitrogens is 1. The van der Waals surface area contributed by atoms with Crippen molar-refractivity contribution < 1.29 is 9.59 Å². The van der Waals surface area contributed by atoms with Gasteiger partial charge in [-0.15, -0.1) is 0 Å². The van der Waals surface area contributed by atoms with Crippen molar-refractivity contribution in [3.8, 4) is 0 Å². The molecule has 0 atom stereocenters. The molecule has 0 unspecified atom stereocenters. The van der Waals surface area contributed by atoms with Crippen molar-refractivity contribution in [1.82, 2.24) is 10.3 Å². The predicted molar refractivity (Wildman–Crippen MR) is 82.8 cm³/mol. The molecular weight excluding hydrogens is 266 g/mol. The van der Waals surface area contributed by atoms with Gasteiger partial charge in [-0.2, -0.15) is 0 Å². The van der Waals surface area contributed by atoms with E-state index in [0.717, 1.165) is 10.9 Å². The van der Waals surface area contributed by atoms with E-state index in [2.05, 4.69) is 15.6 Å². The lowest BCUT2D eigenvalue weighted by molar-refractivity contribution is -0.124. The predicted octanol–water partition coefficient (Wildman–Crippen LogP) is 2.34. The van der Waals surface area contributed by atoms with Gasteiger partial charge in [0.05, 0.1) is 17.7 Å². The van der Waals surface area contributed by atoms with Crippen molar-refractivity contribution in [1.29, 1.82) is 0 Å². The number of nitrogens with zero attached hydrogens (tertiary/aromatic N) is 1. The fourth-order valence-electron chi connectivity index (χ4n) is 2.02. The zero-order valence-electron chi connectivity index (χ0n) is 12.2. The number of nitrogens with one attached hydrogen (secondary N) is 2. The molecule has 0 spiro atoms. The zero-order valence-corrected chi connectivity index (χ0v) is 12.2. The van der Waals surface area contributed by atoms with E-state index in [1.54, 1.807) is 12.3 Å². The molecule has 0 bridgehead atoms. The Hall–Kier alpha value is -2.43. The van der Waals surface area contributed by atoms with Gasteiger partial charge in [0.25, 0.3) is 0 Å². The topological polar surface area (TPSA) is 71.1 Å². The maximum absolute atomic E-state index is 11.9. The number of anilines is 1. The molecule has 2 amide bonds. The number of para-hydroxylation sites is 1. The lowest BCUT2D eigenvalue weighted by Crippen LogP contribution is -2.33. The number of carbonyl (C=O) groups excluding carboxylic acids is 2. The monoisotopic (exact) mass is 285 g/mol. The number of benzene rings is 1. The third-order valence-electron chi connectivity index (χ3n) is 2.95. The molecule has 0 aliphatic heterocycles. The fraction of sp³-hybridized carbons (Fsp3) is 0.312. The summed E-state index contributed by atoms with van der Waals surface area (Å²) < 4.78 is 0. The number of pyridine rings is 1. The molecule has 0 aliphatic rings. The van der Waals surface area contributed by atoms with Gasteiger partial charge in [-0.1, -0.05) is 32.0 Å². The molecule has 2 N–H and O–H groups in total. The Morgan fingerprint density at radius 2 is 1.90 bits per heavy atom. The van der Waals surface area contributed by atoms with Gasteiger partial charge in [0, 0.05) is 18.0 Å². The first-order valence-electron chi connectivity index (χ1n) is 6.96. The van der Waals surface area contributed by atoms with Crippen LogP contribution in [0.25, 0.3) is 10.9 Å². The van der Waals surface area contributed by atoms with E-state index < -0.39 is 0 Å². The summed E-state index contributed by atoms with van der Waals surface area (Å²) >= 11 is 0. The Morgan fingerprint density at radius 1 is 1.14 bits per heavy atom.